The second kappa shape index (κ2) is 8.70. The van der Waals surface area contributed by atoms with Crippen LogP contribution in [-0.2, 0) is 15.8 Å². The summed E-state index contributed by atoms with van der Waals surface area (Å²) in [5.74, 6) is 4.95. The molecule has 1 aliphatic rings. The van der Waals surface area contributed by atoms with Crippen molar-refractivity contribution in [3.63, 3.8) is 0 Å². The zero-order chi connectivity index (χ0) is 19.2. The van der Waals surface area contributed by atoms with E-state index in [0.717, 1.165) is 44.2 Å². The Morgan fingerprint density at radius 2 is 1.81 bits per heavy atom. The third-order valence-corrected chi connectivity index (χ3v) is 5.40. The minimum Gasteiger partial charge on any atom is -0.479 e. The standard InChI is InChI=1S/C22H31NO3/c1-4-23-16-10-15-21(2,3)18-13-8-9-14-19(18)22(26,20(24)25)17-11-6-5-7-12-17/h8-9,13-14,17,23,26H,4-7,11-12,16H2,1-3H3,(H,24,25)/t22-/m1/s1. The maximum absolute atomic E-state index is 12.2. The van der Waals surface area contributed by atoms with Gasteiger partial charge in [0.25, 0.3) is 0 Å². The summed E-state index contributed by atoms with van der Waals surface area (Å²) in [6.45, 7) is 7.43. The van der Waals surface area contributed by atoms with Gasteiger partial charge in [0.2, 0.25) is 0 Å². The molecule has 1 saturated carbocycles. The van der Waals surface area contributed by atoms with E-state index in [-0.39, 0.29) is 5.92 Å². The van der Waals surface area contributed by atoms with Gasteiger partial charge in [0, 0.05) is 5.92 Å². The van der Waals surface area contributed by atoms with Gasteiger partial charge in [0.1, 0.15) is 0 Å². The van der Waals surface area contributed by atoms with E-state index < -0.39 is 17.0 Å². The van der Waals surface area contributed by atoms with Crippen LogP contribution in [0.5, 0.6) is 0 Å². The Bertz CT molecular complexity index is 680. The summed E-state index contributed by atoms with van der Waals surface area (Å²) in [4.78, 5) is 12.2. The summed E-state index contributed by atoms with van der Waals surface area (Å²) >= 11 is 0. The topological polar surface area (TPSA) is 69.6 Å². The molecule has 0 aliphatic heterocycles. The number of carbonyl (C=O) groups is 1. The molecule has 1 aromatic carbocycles. The van der Waals surface area contributed by atoms with Gasteiger partial charge in [-0.3, -0.25) is 0 Å². The van der Waals surface area contributed by atoms with E-state index in [4.69, 9.17) is 0 Å². The molecule has 1 atom stereocenters. The van der Waals surface area contributed by atoms with Crippen molar-refractivity contribution in [1.82, 2.24) is 5.32 Å². The first-order valence-electron chi connectivity index (χ1n) is 9.60. The molecule has 4 nitrogen and oxygen atoms in total. The van der Waals surface area contributed by atoms with Gasteiger partial charge < -0.3 is 15.5 Å². The molecule has 3 N–H and O–H groups in total. The molecule has 0 bridgehead atoms. The number of rotatable bonds is 6. The molecule has 1 aliphatic carbocycles. The average Bonchev–Trinajstić information content (AvgIpc) is 2.65. The van der Waals surface area contributed by atoms with Gasteiger partial charge in [0.05, 0.1) is 12.0 Å². The lowest BCUT2D eigenvalue weighted by atomic mass is 9.69. The molecule has 0 radical (unpaired) electrons. The molecule has 0 aromatic heterocycles. The normalized spacial score (nSPS) is 17.8. The van der Waals surface area contributed by atoms with Crippen molar-refractivity contribution in [2.75, 3.05) is 13.1 Å². The lowest BCUT2D eigenvalue weighted by Crippen LogP contribution is -2.45. The summed E-state index contributed by atoms with van der Waals surface area (Å²) in [6, 6.07) is 7.34. The second-order valence-electron chi connectivity index (χ2n) is 7.66. The van der Waals surface area contributed by atoms with E-state index in [9.17, 15) is 15.0 Å². The number of carboxylic acids is 1. The monoisotopic (exact) mass is 357 g/mol. The van der Waals surface area contributed by atoms with E-state index in [1.807, 2.05) is 32.9 Å². The first kappa shape index (κ1) is 20.5. The van der Waals surface area contributed by atoms with Crippen LogP contribution < -0.4 is 5.32 Å². The van der Waals surface area contributed by atoms with E-state index in [0.29, 0.717) is 12.1 Å². The van der Waals surface area contributed by atoms with Crippen LogP contribution in [0.4, 0.5) is 0 Å². The molecule has 26 heavy (non-hydrogen) atoms. The number of carboxylic acid groups (broad SMARTS) is 1. The number of aliphatic hydroxyl groups is 1. The van der Waals surface area contributed by atoms with E-state index in [1.165, 1.54) is 0 Å². The van der Waals surface area contributed by atoms with Crippen molar-refractivity contribution >= 4 is 5.97 Å². The highest BCUT2D eigenvalue weighted by Crippen LogP contribution is 2.43. The third kappa shape index (κ3) is 4.28. The largest absolute Gasteiger partial charge is 0.479 e. The summed E-state index contributed by atoms with van der Waals surface area (Å²) in [7, 11) is 0. The summed E-state index contributed by atoms with van der Waals surface area (Å²) in [6.07, 6.45) is 4.52. The SMILES string of the molecule is CCNCC#CC(C)(C)c1ccccc1[C@@](O)(C(=O)O)C1CCCCC1. The molecule has 0 heterocycles. The Morgan fingerprint density at radius 3 is 2.38 bits per heavy atom. The van der Waals surface area contributed by atoms with Gasteiger partial charge in [-0.15, -0.1) is 0 Å². The minimum atomic E-state index is -1.86. The predicted molar refractivity (Wildman–Crippen MR) is 104 cm³/mol. The number of nitrogens with one attached hydrogen (secondary N) is 1. The number of aliphatic carboxylic acids is 1. The van der Waals surface area contributed by atoms with Crippen LogP contribution >= 0.6 is 0 Å². The fourth-order valence-electron chi connectivity index (χ4n) is 3.91. The molecular formula is C22H31NO3. The Kier molecular flexibility index (Phi) is 6.86. The summed E-state index contributed by atoms with van der Waals surface area (Å²) < 4.78 is 0. The van der Waals surface area contributed by atoms with Crippen molar-refractivity contribution in [1.29, 1.82) is 0 Å². The Hall–Kier alpha value is -1.83. The van der Waals surface area contributed by atoms with Gasteiger partial charge in [-0.1, -0.05) is 62.3 Å². The Morgan fingerprint density at radius 1 is 1.19 bits per heavy atom. The maximum Gasteiger partial charge on any atom is 0.340 e. The van der Waals surface area contributed by atoms with Gasteiger partial charge in [-0.05, 0) is 44.4 Å². The quantitative estimate of drug-likeness (QED) is 0.539. The molecule has 0 unspecified atom stereocenters. The first-order valence-corrected chi connectivity index (χ1v) is 9.60. The van der Waals surface area contributed by atoms with E-state index in [1.54, 1.807) is 12.1 Å². The third-order valence-electron chi connectivity index (χ3n) is 5.40. The fourth-order valence-corrected chi connectivity index (χ4v) is 3.91. The molecule has 142 valence electrons. The zero-order valence-corrected chi connectivity index (χ0v) is 16.1. The molecule has 0 saturated heterocycles. The van der Waals surface area contributed by atoms with Crippen LogP contribution in [0.25, 0.3) is 0 Å². The number of hydrogen-bond acceptors (Lipinski definition) is 3. The highest BCUT2D eigenvalue weighted by Gasteiger charge is 2.48. The first-order chi connectivity index (χ1) is 12.3. The molecule has 0 spiro atoms. The average molecular weight is 357 g/mol. The van der Waals surface area contributed by atoms with Crippen molar-refractivity contribution in [2.24, 2.45) is 5.92 Å². The molecule has 0 amide bonds. The van der Waals surface area contributed by atoms with Crippen LogP contribution in [0, 0.1) is 17.8 Å². The minimum absolute atomic E-state index is 0.264. The van der Waals surface area contributed by atoms with Crippen molar-refractivity contribution < 1.29 is 15.0 Å². The number of benzene rings is 1. The lowest BCUT2D eigenvalue weighted by molar-refractivity contribution is -0.168. The maximum atomic E-state index is 12.2. The fraction of sp³-hybridized carbons (Fsp3) is 0.591. The molecule has 4 heteroatoms. The van der Waals surface area contributed by atoms with Gasteiger partial charge in [-0.25, -0.2) is 4.79 Å². The van der Waals surface area contributed by atoms with Crippen molar-refractivity contribution in [3.8, 4) is 11.8 Å². The van der Waals surface area contributed by atoms with Crippen molar-refractivity contribution in [2.45, 2.75) is 63.9 Å². The Labute approximate surface area is 157 Å². The van der Waals surface area contributed by atoms with Gasteiger partial charge in [0.15, 0.2) is 5.60 Å². The van der Waals surface area contributed by atoms with Crippen molar-refractivity contribution in [3.05, 3.63) is 35.4 Å². The van der Waals surface area contributed by atoms with E-state index in [2.05, 4.69) is 17.2 Å². The zero-order valence-electron chi connectivity index (χ0n) is 16.1. The van der Waals surface area contributed by atoms with Crippen LogP contribution in [0.3, 0.4) is 0 Å². The van der Waals surface area contributed by atoms with Crippen LogP contribution in [0.1, 0.15) is 64.0 Å². The molecule has 1 aromatic rings. The lowest BCUT2D eigenvalue weighted by Gasteiger charge is -2.38. The molecular weight excluding hydrogens is 326 g/mol. The Balaban J connectivity index is 2.47. The van der Waals surface area contributed by atoms with Gasteiger partial charge in [-0.2, -0.15) is 0 Å². The molecule has 1 fully saturated rings. The summed E-state index contributed by atoms with van der Waals surface area (Å²) in [5, 5.41) is 24.5. The van der Waals surface area contributed by atoms with Gasteiger partial charge >= 0.3 is 5.97 Å². The smallest absolute Gasteiger partial charge is 0.340 e. The van der Waals surface area contributed by atoms with Crippen LogP contribution in [0.15, 0.2) is 24.3 Å². The van der Waals surface area contributed by atoms with E-state index >= 15 is 0 Å². The van der Waals surface area contributed by atoms with Crippen LogP contribution in [0.2, 0.25) is 0 Å². The van der Waals surface area contributed by atoms with Crippen LogP contribution in [-0.4, -0.2) is 29.3 Å². The molecule has 2 rings (SSSR count). The highest BCUT2D eigenvalue weighted by molar-refractivity contribution is 5.80. The second-order valence-corrected chi connectivity index (χ2v) is 7.66. The predicted octanol–water partition coefficient (Wildman–Crippen LogP) is 3.43. The number of hydrogen-bond donors (Lipinski definition) is 3. The highest BCUT2D eigenvalue weighted by atomic mass is 16.4. The summed E-state index contributed by atoms with van der Waals surface area (Å²) in [5.41, 5.74) is -1.14.